The minimum atomic E-state index is 0.550. The fourth-order valence-corrected chi connectivity index (χ4v) is 3.64. The van der Waals surface area contributed by atoms with E-state index >= 15 is 0 Å². The van der Waals surface area contributed by atoms with E-state index in [4.69, 9.17) is 4.74 Å². The Morgan fingerprint density at radius 3 is 2.96 bits per heavy atom. The molecule has 2 heterocycles. The van der Waals surface area contributed by atoms with Crippen LogP contribution < -0.4 is 0 Å². The van der Waals surface area contributed by atoms with Gasteiger partial charge >= 0.3 is 0 Å². The summed E-state index contributed by atoms with van der Waals surface area (Å²) in [6.07, 6.45) is 16.9. The largest absolute Gasteiger partial charge is 0.493 e. The summed E-state index contributed by atoms with van der Waals surface area (Å²) in [5, 5.41) is 0. The molecule has 0 amide bonds. The first-order valence-electron chi connectivity index (χ1n) is 9.13. The van der Waals surface area contributed by atoms with Crippen molar-refractivity contribution in [3.05, 3.63) is 35.6 Å². The van der Waals surface area contributed by atoms with Crippen molar-refractivity contribution in [1.29, 1.82) is 0 Å². The molecule has 3 heteroatoms. The maximum absolute atomic E-state index is 10.9. The fraction of sp³-hybridized carbons (Fsp3) is 0.650. The number of hydrogen-bond donors (Lipinski definition) is 0. The van der Waals surface area contributed by atoms with E-state index in [0.29, 0.717) is 18.5 Å². The number of allylic oxidation sites excluding steroid dienone is 4. The molecule has 2 fully saturated rings. The van der Waals surface area contributed by atoms with Crippen LogP contribution in [-0.4, -0.2) is 36.9 Å². The quantitative estimate of drug-likeness (QED) is 0.495. The van der Waals surface area contributed by atoms with Crippen molar-refractivity contribution in [2.24, 2.45) is 5.92 Å². The van der Waals surface area contributed by atoms with Gasteiger partial charge < -0.3 is 9.53 Å². The van der Waals surface area contributed by atoms with Gasteiger partial charge in [-0.1, -0.05) is 44.4 Å². The van der Waals surface area contributed by atoms with E-state index in [1.54, 1.807) is 0 Å². The van der Waals surface area contributed by atoms with Crippen LogP contribution in [0.5, 0.6) is 0 Å². The SMILES string of the molecule is C/C=C1/CCO/C1=C/C=C/C1CC(CCCCC)N(CC=O)C1. The predicted octanol–water partition coefficient (Wildman–Crippen LogP) is 4.26. The van der Waals surface area contributed by atoms with Crippen LogP contribution >= 0.6 is 0 Å². The standard InChI is InChI=1S/C20H31NO2/c1-3-5-6-9-19-15-17(16-21(19)12-13-22)8-7-10-20-18(4-2)11-14-23-20/h4,7-8,10,13,17,19H,3,5-6,9,11-12,14-16H2,1-2H3/b8-7+,18-4-,20-10+. The molecule has 0 spiro atoms. The molecule has 0 aromatic carbocycles. The van der Waals surface area contributed by atoms with Crippen LogP contribution in [0.3, 0.4) is 0 Å². The normalized spacial score (nSPS) is 29.0. The highest BCUT2D eigenvalue weighted by Crippen LogP contribution is 2.28. The second-order valence-corrected chi connectivity index (χ2v) is 6.59. The molecule has 3 nitrogen and oxygen atoms in total. The Hall–Kier alpha value is -1.35. The van der Waals surface area contributed by atoms with Gasteiger partial charge in [0.25, 0.3) is 0 Å². The number of aldehydes is 1. The van der Waals surface area contributed by atoms with Gasteiger partial charge in [-0.05, 0) is 37.3 Å². The third-order valence-electron chi connectivity index (χ3n) is 4.93. The second-order valence-electron chi connectivity index (χ2n) is 6.59. The molecule has 2 aliphatic rings. The maximum Gasteiger partial charge on any atom is 0.133 e. The van der Waals surface area contributed by atoms with Crippen LogP contribution in [0.15, 0.2) is 35.6 Å². The maximum atomic E-state index is 10.9. The Balaban J connectivity index is 1.89. The first-order chi connectivity index (χ1) is 11.3. The summed E-state index contributed by atoms with van der Waals surface area (Å²) in [5.74, 6) is 1.57. The van der Waals surface area contributed by atoms with Crippen LogP contribution in [0.2, 0.25) is 0 Å². The van der Waals surface area contributed by atoms with Gasteiger partial charge in [-0.25, -0.2) is 0 Å². The number of nitrogens with zero attached hydrogens (tertiary/aromatic N) is 1. The summed E-state index contributed by atoms with van der Waals surface area (Å²) in [4.78, 5) is 13.3. The monoisotopic (exact) mass is 317 g/mol. The summed E-state index contributed by atoms with van der Waals surface area (Å²) in [5.41, 5.74) is 1.31. The third kappa shape index (κ3) is 5.35. The average Bonchev–Trinajstić information content (AvgIpc) is 3.15. The number of unbranched alkanes of at least 4 members (excludes halogenated alkanes) is 2. The Bertz CT molecular complexity index is 464. The first kappa shape index (κ1) is 18.0. The Labute approximate surface area is 141 Å². The highest BCUT2D eigenvalue weighted by Gasteiger charge is 2.29. The Kier molecular flexibility index (Phi) is 7.60. The number of rotatable bonds is 8. The number of likely N-dealkylation sites (tertiary alicyclic amines) is 1. The van der Waals surface area contributed by atoms with Gasteiger partial charge in [-0.3, -0.25) is 4.90 Å². The van der Waals surface area contributed by atoms with Gasteiger partial charge in [0.2, 0.25) is 0 Å². The average molecular weight is 317 g/mol. The third-order valence-corrected chi connectivity index (χ3v) is 4.93. The lowest BCUT2D eigenvalue weighted by molar-refractivity contribution is -0.109. The number of carbonyl (C=O) groups excluding carboxylic acids is 1. The van der Waals surface area contributed by atoms with Crippen molar-refractivity contribution in [1.82, 2.24) is 4.90 Å². The zero-order valence-electron chi connectivity index (χ0n) is 14.7. The lowest BCUT2D eigenvalue weighted by atomic mass is 10.0. The van der Waals surface area contributed by atoms with E-state index in [1.807, 2.05) is 0 Å². The van der Waals surface area contributed by atoms with E-state index in [1.165, 1.54) is 37.7 Å². The summed E-state index contributed by atoms with van der Waals surface area (Å²) in [7, 11) is 0. The molecule has 2 saturated heterocycles. The van der Waals surface area contributed by atoms with E-state index in [-0.39, 0.29) is 0 Å². The molecule has 2 unspecified atom stereocenters. The van der Waals surface area contributed by atoms with Crippen LogP contribution in [0.4, 0.5) is 0 Å². The van der Waals surface area contributed by atoms with Crippen molar-refractivity contribution >= 4 is 6.29 Å². The van der Waals surface area contributed by atoms with E-state index in [9.17, 15) is 4.79 Å². The molecule has 2 aliphatic heterocycles. The zero-order chi connectivity index (χ0) is 16.5. The lowest BCUT2D eigenvalue weighted by Gasteiger charge is -2.21. The van der Waals surface area contributed by atoms with Gasteiger partial charge in [0.05, 0.1) is 13.2 Å². The smallest absolute Gasteiger partial charge is 0.133 e. The molecule has 0 radical (unpaired) electrons. The molecule has 2 rings (SSSR count). The minimum Gasteiger partial charge on any atom is -0.493 e. The van der Waals surface area contributed by atoms with Gasteiger partial charge in [-0.2, -0.15) is 0 Å². The summed E-state index contributed by atoms with van der Waals surface area (Å²) in [6.45, 7) is 6.69. The number of carbonyl (C=O) groups is 1. The molecule has 0 aromatic rings. The van der Waals surface area contributed by atoms with Crippen molar-refractivity contribution in [2.75, 3.05) is 19.7 Å². The number of hydrogen-bond acceptors (Lipinski definition) is 3. The van der Waals surface area contributed by atoms with Crippen LogP contribution in [0.25, 0.3) is 0 Å². The lowest BCUT2D eigenvalue weighted by Crippen LogP contribution is -2.31. The van der Waals surface area contributed by atoms with Crippen molar-refractivity contribution < 1.29 is 9.53 Å². The van der Waals surface area contributed by atoms with E-state index in [2.05, 4.69) is 43.1 Å². The van der Waals surface area contributed by atoms with Gasteiger partial charge in [-0.15, -0.1) is 0 Å². The van der Waals surface area contributed by atoms with Crippen molar-refractivity contribution in [3.63, 3.8) is 0 Å². The Morgan fingerprint density at radius 2 is 2.22 bits per heavy atom. The second kappa shape index (κ2) is 9.71. The summed E-state index contributed by atoms with van der Waals surface area (Å²) >= 11 is 0. The molecular weight excluding hydrogens is 286 g/mol. The zero-order valence-corrected chi connectivity index (χ0v) is 14.7. The molecule has 0 saturated carbocycles. The van der Waals surface area contributed by atoms with Gasteiger partial charge in [0, 0.05) is 19.0 Å². The molecule has 0 bridgehead atoms. The van der Waals surface area contributed by atoms with Crippen molar-refractivity contribution in [3.8, 4) is 0 Å². The highest BCUT2D eigenvalue weighted by atomic mass is 16.5. The minimum absolute atomic E-state index is 0.550. The molecular formula is C20H31NO2. The topological polar surface area (TPSA) is 29.5 Å². The molecule has 128 valence electrons. The summed E-state index contributed by atoms with van der Waals surface area (Å²) < 4.78 is 5.65. The number of ether oxygens (including phenoxy) is 1. The molecule has 0 N–H and O–H groups in total. The van der Waals surface area contributed by atoms with Crippen molar-refractivity contribution in [2.45, 2.75) is 58.4 Å². The molecule has 23 heavy (non-hydrogen) atoms. The van der Waals surface area contributed by atoms with Crippen LogP contribution in [0.1, 0.15) is 52.4 Å². The molecule has 0 aromatic heterocycles. The Morgan fingerprint density at radius 1 is 1.35 bits per heavy atom. The van der Waals surface area contributed by atoms with Crippen LogP contribution in [-0.2, 0) is 9.53 Å². The van der Waals surface area contributed by atoms with Gasteiger partial charge in [0.1, 0.15) is 12.0 Å². The molecule has 0 aliphatic carbocycles. The van der Waals surface area contributed by atoms with Crippen LogP contribution in [0, 0.1) is 5.92 Å². The van der Waals surface area contributed by atoms with E-state index < -0.39 is 0 Å². The predicted molar refractivity (Wildman–Crippen MR) is 95.2 cm³/mol. The molecule has 2 atom stereocenters. The van der Waals surface area contributed by atoms with Gasteiger partial charge in [0.15, 0.2) is 0 Å². The first-order valence-corrected chi connectivity index (χ1v) is 9.13. The van der Waals surface area contributed by atoms with E-state index in [0.717, 1.165) is 31.6 Å². The highest BCUT2D eigenvalue weighted by molar-refractivity contribution is 5.52. The summed E-state index contributed by atoms with van der Waals surface area (Å²) in [6, 6.07) is 0.572. The fourth-order valence-electron chi connectivity index (χ4n) is 3.64.